The van der Waals surface area contributed by atoms with Gasteiger partial charge in [-0.05, 0) is 48.8 Å². The van der Waals surface area contributed by atoms with Crippen molar-refractivity contribution in [1.29, 1.82) is 0 Å². The summed E-state index contributed by atoms with van der Waals surface area (Å²) in [5, 5.41) is 11.4. The van der Waals surface area contributed by atoms with Crippen LogP contribution in [0.3, 0.4) is 0 Å². The second kappa shape index (κ2) is 7.67. The largest absolute Gasteiger partial charge is 0.454 e. The Morgan fingerprint density at radius 1 is 1.24 bits per heavy atom. The van der Waals surface area contributed by atoms with Crippen LogP contribution in [-0.2, 0) is 19.5 Å². The highest BCUT2D eigenvalue weighted by Gasteiger charge is 2.27. The molecule has 8 nitrogen and oxygen atoms in total. The zero-order valence-electron chi connectivity index (χ0n) is 16.8. The van der Waals surface area contributed by atoms with Crippen molar-refractivity contribution in [2.75, 3.05) is 26.4 Å². The van der Waals surface area contributed by atoms with E-state index in [1.54, 1.807) is 0 Å². The minimum atomic E-state index is -0.0970. The predicted octanol–water partition coefficient (Wildman–Crippen LogP) is 1.84. The van der Waals surface area contributed by atoms with Gasteiger partial charge in [0.2, 0.25) is 12.6 Å². The number of rotatable bonds is 7. The molecule has 29 heavy (non-hydrogen) atoms. The Balaban J connectivity index is 1.16. The zero-order valence-corrected chi connectivity index (χ0v) is 16.8. The van der Waals surface area contributed by atoms with Gasteiger partial charge in [0.05, 0.1) is 6.54 Å². The van der Waals surface area contributed by atoms with Gasteiger partial charge >= 0.3 is 0 Å². The first kappa shape index (κ1) is 18.4. The molecule has 1 saturated carbocycles. The summed E-state index contributed by atoms with van der Waals surface area (Å²) in [6.45, 7) is 6.69. The van der Waals surface area contributed by atoms with Gasteiger partial charge in [0.1, 0.15) is 5.82 Å². The molecule has 1 fully saturated rings. The molecule has 8 heteroatoms. The molecule has 1 aromatic heterocycles. The molecule has 2 aliphatic heterocycles. The maximum atomic E-state index is 12.4. The van der Waals surface area contributed by atoms with E-state index >= 15 is 0 Å². The molecule has 0 radical (unpaired) electrons. The van der Waals surface area contributed by atoms with E-state index in [-0.39, 0.29) is 5.91 Å². The summed E-state index contributed by atoms with van der Waals surface area (Å²) in [5.41, 5.74) is 1.26. The molecule has 1 amide bonds. The van der Waals surface area contributed by atoms with Crippen LogP contribution in [0.5, 0.6) is 11.5 Å². The lowest BCUT2D eigenvalue weighted by Crippen LogP contribution is -2.38. The van der Waals surface area contributed by atoms with Crippen LogP contribution in [0.1, 0.15) is 41.8 Å². The van der Waals surface area contributed by atoms with E-state index in [1.807, 2.05) is 10.6 Å². The number of nitrogens with one attached hydrogen (secondary N) is 1. The first-order valence-electron chi connectivity index (χ1n) is 10.5. The molecule has 3 heterocycles. The maximum Gasteiger partial charge on any atom is 0.289 e. The Kier molecular flexibility index (Phi) is 4.87. The molecule has 1 N–H and O–H groups in total. The summed E-state index contributed by atoms with van der Waals surface area (Å²) in [6, 6.07) is 6.19. The number of hydrogen-bond donors (Lipinski definition) is 1. The Hall–Kier alpha value is -2.61. The summed E-state index contributed by atoms with van der Waals surface area (Å²) in [5.74, 6) is 4.05. The quantitative estimate of drug-likeness (QED) is 0.768. The van der Waals surface area contributed by atoms with Crippen LogP contribution in [0.15, 0.2) is 18.2 Å². The first-order valence-corrected chi connectivity index (χ1v) is 10.5. The Labute approximate surface area is 170 Å². The van der Waals surface area contributed by atoms with Gasteiger partial charge in [-0.25, -0.2) is 0 Å². The van der Waals surface area contributed by atoms with E-state index in [9.17, 15) is 4.79 Å². The molecule has 0 spiro atoms. The first-order chi connectivity index (χ1) is 14.2. The van der Waals surface area contributed by atoms with Crippen LogP contribution >= 0.6 is 0 Å². The van der Waals surface area contributed by atoms with Gasteiger partial charge in [-0.1, -0.05) is 13.0 Å². The number of nitrogens with zero attached hydrogens (tertiary/aromatic N) is 4. The highest BCUT2D eigenvalue weighted by Crippen LogP contribution is 2.33. The van der Waals surface area contributed by atoms with Crippen molar-refractivity contribution in [1.82, 2.24) is 25.0 Å². The van der Waals surface area contributed by atoms with E-state index in [1.165, 1.54) is 18.4 Å². The number of ether oxygens (including phenoxy) is 2. The third-order valence-electron chi connectivity index (χ3n) is 5.87. The SMILES string of the molecule is CC(Cc1ccc2c(c1)OCO2)CN1CCn2c(nnc2C(=O)NCC2CC2)C1. The van der Waals surface area contributed by atoms with E-state index in [2.05, 4.69) is 39.5 Å². The fourth-order valence-electron chi connectivity index (χ4n) is 4.15. The van der Waals surface area contributed by atoms with Crippen molar-refractivity contribution in [3.63, 3.8) is 0 Å². The van der Waals surface area contributed by atoms with Gasteiger partial charge < -0.3 is 19.4 Å². The van der Waals surface area contributed by atoms with E-state index in [4.69, 9.17) is 9.47 Å². The molecule has 5 rings (SSSR count). The average molecular weight is 397 g/mol. The highest BCUT2D eigenvalue weighted by molar-refractivity contribution is 5.90. The summed E-state index contributed by atoms with van der Waals surface area (Å²) in [4.78, 5) is 14.8. The van der Waals surface area contributed by atoms with E-state index in [0.717, 1.165) is 56.5 Å². The van der Waals surface area contributed by atoms with E-state index in [0.29, 0.717) is 24.5 Å². The van der Waals surface area contributed by atoms with Crippen LogP contribution in [-0.4, -0.2) is 52.0 Å². The number of amides is 1. The number of hydrogen-bond acceptors (Lipinski definition) is 6. The van der Waals surface area contributed by atoms with Gasteiger partial charge in [0.25, 0.3) is 5.91 Å². The topological polar surface area (TPSA) is 81.5 Å². The number of benzene rings is 1. The van der Waals surface area contributed by atoms with Gasteiger partial charge in [-0.3, -0.25) is 9.69 Å². The summed E-state index contributed by atoms with van der Waals surface area (Å²) >= 11 is 0. The average Bonchev–Trinajstić information content (AvgIpc) is 3.26. The van der Waals surface area contributed by atoms with Gasteiger partial charge in [0, 0.05) is 26.2 Å². The lowest BCUT2D eigenvalue weighted by atomic mass is 10.00. The van der Waals surface area contributed by atoms with Gasteiger partial charge in [-0.2, -0.15) is 0 Å². The molecule has 2 aromatic rings. The molecular weight excluding hydrogens is 370 g/mol. The molecule has 0 saturated heterocycles. The van der Waals surface area contributed by atoms with Crippen LogP contribution in [0.2, 0.25) is 0 Å². The fourth-order valence-corrected chi connectivity index (χ4v) is 4.15. The zero-order chi connectivity index (χ0) is 19.8. The van der Waals surface area contributed by atoms with Crippen molar-refractivity contribution in [2.45, 2.75) is 39.3 Å². The second-order valence-corrected chi connectivity index (χ2v) is 8.48. The Bertz CT molecular complexity index is 908. The van der Waals surface area contributed by atoms with Gasteiger partial charge in [-0.15, -0.1) is 10.2 Å². The predicted molar refractivity (Wildman–Crippen MR) is 106 cm³/mol. The molecule has 1 unspecified atom stereocenters. The molecular formula is C21H27N5O3. The number of carbonyl (C=O) groups excluding carboxylic acids is 1. The lowest BCUT2D eigenvalue weighted by molar-refractivity contribution is 0.0931. The minimum Gasteiger partial charge on any atom is -0.454 e. The molecule has 1 atom stereocenters. The number of fused-ring (bicyclic) bond motifs is 2. The summed E-state index contributed by atoms with van der Waals surface area (Å²) in [6.07, 6.45) is 3.42. The molecule has 3 aliphatic rings. The normalized spacial score (nSPS) is 19.1. The van der Waals surface area contributed by atoms with E-state index < -0.39 is 0 Å². The van der Waals surface area contributed by atoms with Crippen LogP contribution in [0.4, 0.5) is 0 Å². The van der Waals surface area contributed by atoms with Crippen LogP contribution < -0.4 is 14.8 Å². The smallest absolute Gasteiger partial charge is 0.289 e. The Morgan fingerprint density at radius 2 is 2.10 bits per heavy atom. The molecule has 1 aliphatic carbocycles. The second-order valence-electron chi connectivity index (χ2n) is 8.48. The van der Waals surface area contributed by atoms with Crippen molar-refractivity contribution < 1.29 is 14.3 Å². The highest BCUT2D eigenvalue weighted by atomic mass is 16.7. The third-order valence-corrected chi connectivity index (χ3v) is 5.87. The summed E-state index contributed by atoms with van der Waals surface area (Å²) < 4.78 is 12.8. The molecule has 0 bridgehead atoms. The maximum absolute atomic E-state index is 12.4. The van der Waals surface area contributed by atoms with Crippen molar-refractivity contribution in [2.24, 2.45) is 11.8 Å². The standard InChI is InChI=1S/C21H27N5O3/c1-14(8-16-4-5-17-18(9-16)29-13-28-17)11-25-6-7-26-19(12-25)23-24-20(26)21(27)22-10-15-2-3-15/h4-5,9,14-15H,2-3,6-8,10-13H2,1H3,(H,22,27). The van der Waals surface area contributed by atoms with Crippen LogP contribution in [0, 0.1) is 11.8 Å². The Morgan fingerprint density at radius 3 is 2.97 bits per heavy atom. The lowest BCUT2D eigenvalue weighted by Gasteiger charge is -2.29. The molecule has 1 aromatic carbocycles. The van der Waals surface area contributed by atoms with Crippen molar-refractivity contribution in [3.8, 4) is 11.5 Å². The monoisotopic (exact) mass is 397 g/mol. The number of aromatic nitrogens is 3. The fraction of sp³-hybridized carbons (Fsp3) is 0.571. The van der Waals surface area contributed by atoms with Crippen molar-refractivity contribution >= 4 is 5.91 Å². The number of carbonyl (C=O) groups is 1. The minimum absolute atomic E-state index is 0.0970. The third kappa shape index (κ3) is 4.07. The molecule has 154 valence electrons. The van der Waals surface area contributed by atoms with Crippen LogP contribution in [0.25, 0.3) is 0 Å². The van der Waals surface area contributed by atoms with Gasteiger partial charge in [0.15, 0.2) is 11.5 Å². The summed E-state index contributed by atoms with van der Waals surface area (Å²) in [7, 11) is 0. The van der Waals surface area contributed by atoms with Crippen molar-refractivity contribution in [3.05, 3.63) is 35.4 Å².